The van der Waals surface area contributed by atoms with Crippen LogP contribution in [0.15, 0.2) is 59.7 Å². The molecule has 0 fully saturated rings. The fraction of sp³-hybridized carbons (Fsp3) is 0.167. The van der Waals surface area contributed by atoms with E-state index >= 15 is 0 Å². The average Bonchev–Trinajstić information content (AvgIpc) is 3.27. The summed E-state index contributed by atoms with van der Waals surface area (Å²) in [6.07, 6.45) is 0. The zero-order chi connectivity index (χ0) is 25.1. The molecule has 1 aliphatic rings. The smallest absolute Gasteiger partial charge is 0.281 e. The van der Waals surface area contributed by atoms with Crippen molar-refractivity contribution in [3.8, 4) is 11.5 Å². The number of halogens is 4. The van der Waals surface area contributed by atoms with Crippen molar-refractivity contribution >= 4 is 22.7 Å². The van der Waals surface area contributed by atoms with Crippen LogP contribution in [0.4, 0.5) is 17.6 Å². The zero-order valence-electron chi connectivity index (χ0n) is 18.2. The first kappa shape index (κ1) is 24.6. The van der Waals surface area contributed by atoms with Gasteiger partial charge in [0.1, 0.15) is 45.9 Å². The highest BCUT2D eigenvalue weighted by Crippen LogP contribution is 2.47. The zero-order valence-corrected chi connectivity index (χ0v) is 19.0. The van der Waals surface area contributed by atoms with Crippen LogP contribution in [0.3, 0.4) is 0 Å². The Hall–Kier alpha value is -3.57. The topological polar surface area (TPSA) is 71.4 Å². The highest BCUT2D eigenvalue weighted by Gasteiger charge is 2.39. The number of benzene rings is 3. The van der Waals surface area contributed by atoms with Crippen LogP contribution in [-0.4, -0.2) is 41.4 Å². The van der Waals surface area contributed by atoms with Gasteiger partial charge in [0.05, 0.1) is 13.7 Å². The van der Waals surface area contributed by atoms with Gasteiger partial charge in [0, 0.05) is 23.3 Å². The fourth-order valence-corrected chi connectivity index (χ4v) is 4.64. The maximum absolute atomic E-state index is 14.5. The van der Waals surface area contributed by atoms with Crippen molar-refractivity contribution in [2.75, 3.05) is 20.3 Å². The van der Waals surface area contributed by atoms with Crippen molar-refractivity contribution in [1.82, 2.24) is 5.01 Å². The Morgan fingerprint density at radius 3 is 2.37 bits per heavy atom. The molecule has 182 valence electrons. The Morgan fingerprint density at radius 1 is 1.06 bits per heavy atom. The van der Waals surface area contributed by atoms with E-state index < -0.39 is 40.1 Å². The van der Waals surface area contributed by atoms with E-state index in [-0.39, 0.29) is 29.8 Å². The molecule has 0 aromatic heterocycles. The number of para-hydroxylation sites is 1. The predicted octanol–water partition coefficient (Wildman–Crippen LogP) is 4.87. The number of carbonyl (C=O) groups excluding carboxylic acids is 1. The molecule has 0 bridgehead atoms. The predicted molar refractivity (Wildman–Crippen MR) is 121 cm³/mol. The maximum Gasteiger partial charge on any atom is 0.281 e. The Morgan fingerprint density at radius 2 is 1.74 bits per heavy atom. The van der Waals surface area contributed by atoms with E-state index in [1.165, 1.54) is 31.4 Å². The molecule has 1 atom stereocenters. The number of nitrogens with zero attached hydrogens (tertiary/aromatic N) is 2. The summed E-state index contributed by atoms with van der Waals surface area (Å²) in [4.78, 5) is 13.3. The molecule has 0 saturated carbocycles. The molecule has 0 aliphatic carbocycles. The number of hydrogen-bond donors (Lipinski definition) is 1. The molecule has 1 heterocycles. The minimum atomic E-state index is -1.38. The van der Waals surface area contributed by atoms with Crippen molar-refractivity contribution in [2.24, 2.45) is 5.10 Å². The van der Waals surface area contributed by atoms with Crippen LogP contribution < -0.4 is 9.47 Å². The van der Waals surface area contributed by atoms with Crippen molar-refractivity contribution in [3.63, 3.8) is 0 Å². The standard InChI is InChI=1S/C24H18F4N2O4S/c1-33-21-16(3-2-4-19(21)34-10-9-31)24-30(23(32)20-17(27)11-15(26)12-18(20)28)29-22(35-24)13-5-7-14(25)8-6-13/h2-8,11-12,24,31H,9-10H2,1H3. The summed E-state index contributed by atoms with van der Waals surface area (Å²) in [5.41, 5.74) is -0.138. The summed E-state index contributed by atoms with van der Waals surface area (Å²) >= 11 is 1.06. The maximum atomic E-state index is 14.5. The van der Waals surface area contributed by atoms with Gasteiger partial charge in [-0.15, -0.1) is 0 Å². The van der Waals surface area contributed by atoms with Crippen molar-refractivity contribution in [1.29, 1.82) is 0 Å². The third kappa shape index (κ3) is 4.96. The van der Waals surface area contributed by atoms with Crippen molar-refractivity contribution in [3.05, 3.63) is 94.6 Å². The molecule has 1 N–H and O–H groups in total. The van der Waals surface area contributed by atoms with Gasteiger partial charge >= 0.3 is 0 Å². The van der Waals surface area contributed by atoms with E-state index in [2.05, 4.69) is 5.10 Å². The van der Waals surface area contributed by atoms with Crippen LogP contribution in [0.1, 0.15) is 26.9 Å². The summed E-state index contributed by atoms with van der Waals surface area (Å²) in [7, 11) is 1.37. The molecule has 3 aromatic rings. The first-order chi connectivity index (χ1) is 16.8. The van der Waals surface area contributed by atoms with E-state index in [0.717, 1.165) is 16.8 Å². The normalized spacial score (nSPS) is 15.2. The van der Waals surface area contributed by atoms with Gasteiger partial charge in [-0.1, -0.05) is 23.9 Å². The van der Waals surface area contributed by atoms with Crippen LogP contribution in [0.25, 0.3) is 0 Å². The van der Waals surface area contributed by atoms with Gasteiger partial charge in [-0.3, -0.25) is 4.79 Å². The second kappa shape index (κ2) is 10.4. The number of aliphatic hydroxyl groups excluding tert-OH is 1. The molecular weight excluding hydrogens is 488 g/mol. The fourth-order valence-electron chi connectivity index (χ4n) is 3.47. The third-order valence-corrected chi connectivity index (χ3v) is 6.21. The van der Waals surface area contributed by atoms with Gasteiger partial charge < -0.3 is 14.6 Å². The average molecular weight is 506 g/mol. The largest absolute Gasteiger partial charge is 0.492 e. The van der Waals surface area contributed by atoms with E-state index in [9.17, 15) is 22.4 Å². The minimum Gasteiger partial charge on any atom is -0.492 e. The molecule has 1 amide bonds. The summed E-state index contributed by atoms with van der Waals surface area (Å²) in [6.45, 7) is -0.277. The van der Waals surface area contributed by atoms with Crippen LogP contribution in [0, 0.1) is 23.3 Å². The monoisotopic (exact) mass is 506 g/mol. The van der Waals surface area contributed by atoms with Crippen LogP contribution in [0.2, 0.25) is 0 Å². The highest BCUT2D eigenvalue weighted by molar-refractivity contribution is 8.14. The first-order valence-corrected chi connectivity index (χ1v) is 11.1. The number of amides is 1. The summed E-state index contributed by atoms with van der Waals surface area (Å²) in [5.74, 6) is -5.09. The molecule has 1 unspecified atom stereocenters. The summed E-state index contributed by atoms with van der Waals surface area (Å²) in [5, 5.41) is 13.5. The minimum absolute atomic E-state index is 0.0242. The highest BCUT2D eigenvalue weighted by atomic mass is 32.2. The quantitative estimate of drug-likeness (QED) is 0.463. The van der Waals surface area contributed by atoms with Gasteiger partial charge in [0.2, 0.25) is 0 Å². The number of rotatable bonds is 7. The Bertz CT molecular complexity index is 1260. The van der Waals surface area contributed by atoms with Crippen LogP contribution >= 0.6 is 11.8 Å². The second-order valence-corrected chi connectivity index (χ2v) is 8.30. The van der Waals surface area contributed by atoms with Crippen LogP contribution in [0.5, 0.6) is 11.5 Å². The number of methoxy groups -OCH3 is 1. The summed E-state index contributed by atoms with van der Waals surface area (Å²) < 4.78 is 66.8. The Labute approximate surface area is 201 Å². The van der Waals surface area contributed by atoms with Crippen molar-refractivity contribution < 1.29 is 36.9 Å². The van der Waals surface area contributed by atoms with Gasteiger partial charge in [0.15, 0.2) is 11.5 Å². The van der Waals surface area contributed by atoms with E-state index in [4.69, 9.17) is 14.6 Å². The van der Waals surface area contributed by atoms with Crippen molar-refractivity contribution in [2.45, 2.75) is 5.37 Å². The number of thioether (sulfide) groups is 1. The number of hydrazone groups is 1. The lowest BCUT2D eigenvalue weighted by Gasteiger charge is -2.24. The van der Waals surface area contributed by atoms with Gasteiger partial charge in [0.25, 0.3) is 5.91 Å². The van der Waals surface area contributed by atoms with Crippen LogP contribution in [-0.2, 0) is 0 Å². The molecule has 35 heavy (non-hydrogen) atoms. The lowest BCUT2D eigenvalue weighted by molar-refractivity contribution is 0.0737. The Kier molecular flexibility index (Phi) is 7.27. The SMILES string of the molecule is COc1c(OCCO)cccc1C1SC(c2ccc(F)cc2)=NN1C(=O)c1c(F)cc(F)cc1F. The van der Waals surface area contributed by atoms with E-state index in [1.54, 1.807) is 18.2 Å². The molecule has 4 rings (SSSR count). The molecule has 3 aromatic carbocycles. The van der Waals surface area contributed by atoms with E-state index in [1.807, 2.05) is 0 Å². The molecule has 11 heteroatoms. The first-order valence-electron chi connectivity index (χ1n) is 10.2. The number of hydrogen-bond acceptors (Lipinski definition) is 6. The van der Waals surface area contributed by atoms with Gasteiger partial charge in [-0.2, -0.15) is 5.10 Å². The Balaban J connectivity index is 1.82. The lowest BCUT2D eigenvalue weighted by atomic mass is 10.1. The molecule has 1 aliphatic heterocycles. The molecule has 0 spiro atoms. The molecular formula is C24H18F4N2O4S. The third-order valence-electron chi connectivity index (χ3n) is 4.99. The summed E-state index contributed by atoms with van der Waals surface area (Å²) in [6, 6.07) is 10.9. The lowest BCUT2D eigenvalue weighted by Crippen LogP contribution is -2.28. The van der Waals surface area contributed by atoms with Gasteiger partial charge in [-0.25, -0.2) is 22.6 Å². The van der Waals surface area contributed by atoms with Gasteiger partial charge in [-0.05, 0) is 30.3 Å². The second-order valence-electron chi connectivity index (χ2n) is 7.23. The molecule has 0 saturated heterocycles. The molecule has 6 nitrogen and oxygen atoms in total. The molecule has 0 radical (unpaired) electrons. The van der Waals surface area contributed by atoms with E-state index in [0.29, 0.717) is 23.3 Å². The number of carbonyl (C=O) groups is 1. The number of aliphatic hydroxyl groups is 1. The number of ether oxygens (including phenoxy) is 2.